The van der Waals surface area contributed by atoms with Crippen LogP contribution in [0.3, 0.4) is 0 Å². The third-order valence-corrected chi connectivity index (χ3v) is 4.28. The minimum atomic E-state index is 0.745. The third kappa shape index (κ3) is 3.50. The fourth-order valence-electron chi connectivity index (χ4n) is 2.18. The number of para-hydroxylation sites is 1. The summed E-state index contributed by atoms with van der Waals surface area (Å²) in [5, 5.41) is 4.45. The SMILES string of the molecule is COc1ccccc1-c1cnc(CNCc2cccnc2)s1. The highest BCUT2D eigenvalue weighted by atomic mass is 32.1. The number of nitrogens with one attached hydrogen (secondary N) is 1. The van der Waals surface area contributed by atoms with E-state index in [9.17, 15) is 0 Å². The summed E-state index contributed by atoms with van der Waals surface area (Å²) >= 11 is 1.68. The van der Waals surface area contributed by atoms with Gasteiger partial charge in [0.1, 0.15) is 10.8 Å². The molecule has 0 unspecified atom stereocenters. The summed E-state index contributed by atoms with van der Waals surface area (Å²) in [5.41, 5.74) is 2.25. The van der Waals surface area contributed by atoms with Crippen molar-refractivity contribution in [2.75, 3.05) is 7.11 Å². The Labute approximate surface area is 133 Å². The maximum atomic E-state index is 5.40. The number of nitrogens with zero attached hydrogens (tertiary/aromatic N) is 2. The smallest absolute Gasteiger partial charge is 0.127 e. The zero-order chi connectivity index (χ0) is 15.2. The molecule has 112 valence electrons. The van der Waals surface area contributed by atoms with E-state index < -0.39 is 0 Å². The molecule has 2 heterocycles. The maximum Gasteiger partial charge on any atom is 0.127 e. The molecule has 3 rings (SSSR count). The average Bonchev–Trinajstić information content (AvgIpc) is 3.04. The van der Waals surface area contributed by atoms with E-state index in [0.29, 0.717) is 0 Å². The van der Waals surface area contributed by atoms with Crippen molar-refractivity contribution < 1.29 is 4.74 Å². The van der Waals surface area contributed by atoms with Crippen molar-refractivity contribution in [3.63, 3.8) is 0 Å². The number of benzene rings is 1. The topological polar surface area (TPSA) is 47.0 Å². The molecule has 0 aliphatic heterocycles. The molecule has 1 aromatic carbocycles. The molecule has 22 heavy (non-hydrogen) atoms. The van der Waals surface area contributed by atoms with E-state index in [1.165, 1.54) is 5.56 Å². The lowest BCUT2D eigenvalue weighted by atomic mass is 10.2. The quantitative estimate of drug-likeness (QED) is 0.757. The van der Waals surface area contributed by atoms with Crippen LogP contribution in [-0.2, 0) is 13.1 Å². The lowest BCUT2D eigenvalue weighted by molar-refractivity contribution is 0.416. The second-order valence-electron chi connectivity index (χ2n) is 4.78. The van der Waals surface area contributed by atoms with E-state index in [1.807, 2.05) is 36.7 Å². The van der Waals surface area contributed by atoms with Gasteiger partial charge in [-0.25, -0.2) is 4.98 Å². The van der Waals surface area contributed by atoms with E-state index in [4.69, 9.17) is 4.74 Å². The van der Waals surface area contributed by atoms with Crippen molar-refractivity contribution in [2.24, 2.45) is 0 Å². The predicted octanol–water partition coefficient (Wildman–Crippen LogP) is 3.50. The molecule has 3 aromatic rings. The zero-order valence-electron chi connectivity index (χ0n) is 12.3. The van der Waals surface area contributed by atoms with E-state index in [1.54, 1.807) is 24.6 Å². The Bertz CT molecular complexity index is 728. The second kappa shape index (κ2) is 7.15. The normalized spacial score (nSPS) is 10.6. The van der Waals surface area contributed by atoms with Gasteiger partial charge in [-0.3, -0.25) is 4.98 Å². The number of rotatable bonds is 6. The van der Waals surface area contributed by atoms with Crippen molar-refractivity contribution in [1.82, 2.24) is 15.3 Å². The summed E-state index contributed by atoms with van der Waals surface area (Å²) in [4.78, 5) is 9.71. The lowest BCUT2D eigenvalue weighted by Gasteiger charge is -2.05. The molecule has 0 fully saturated rings. The van der Waals surface area contributed by atoms with Crippen molar-refractivity contribution in [1.29, 1.82) is 0 Å². The molecule has 0 atom stereocenters. The van der Waals surface area contributed by atoms with Gasteiger partial charge >= 0.3 is 0 Å². The number of aromatic nitrogens is 2. The molecule has 5 heteroatoms. The van der Waals surface area contributed by atoms with Crippen LogP contribution in [-0.4, -0.2) is 17.1 Å². The van der Waals surface area contributed by atoms with E-state index in [0.717, 1.165) is 34.3 Å². The standard InChI is InChI=1S/C17H17N3OS/c1-21-15-7-3-2-6-14(15)16-11-20-17(22-16)12-19-10-13-5-4-8-18-9-13/h2-9,11,19H,10,12H2,1H3. The molecule has 0 aliphatic carbocycles. The van der Waals surface area contributed by atoms with Gasteiger partial charge in [0.25, 0.3) is 0 Å². The van der Waals surface area contributed by atoms with Crippen molar-refractivity contribution in [2.45, 2.75) is 13.1 Å². The summed E-state index contributed by atoms with van der Waals surface area (Å²) in [6, 6.07) is 12.0. The number of ether oxygens (including phenoxy) is 1. The summed E-state index contributed by atoms with van der Waals surface area (Å²) in [5.74, 6) is 0.876. The Morgan fingerprint density at radius 3 is 2.82 bits per heavy atom. The zero-order valence-corrected chi connectivity index (χ0v) is 13.1. The monoisotopic (exact) mass is 311 g/mol. The summed E-state index contributed by atoms with van der Waals surface area (Å²) in [6.45, 7) is 1.53. The number of pyridine rings is 1. The first-order valence-corrected chi connectivity index (χ1v) is 7.86. The Balaban J connectivity index is 1.64. The van der Waals surface area contributed by atoms with Crippen LogP contribution in [0.15, 0.2) is 55.0 Å². The van der Waals surface area contributed by atoms with Crippen molar-refractivity contribution in [3.05, 3.63) is 65.6 Å². The van der Waals surface area contributed by atoms with Crippen LogP contribution >= 0.6 is 11.3 Å². The lowest BCUT2D eigenvalue weighted by Crippen LogP contribution is -2.12. The molecule has 2 aromatic heterocycles. The number of hydrogen-bond donors (Lipinski definition) is 1. The molecule has 0 aliphatic rings. The average molecular weight is 311 g/mol. The van der Waals surface area contributed by atoms with Crippen molar-refractivity contribution in [3.8, 4) is 16.2 Å². The van der Waals surface area contributed by atoms with Crippen LogP contribution in [0, 0.1) is 0 Å². The van der Waals surface area contributed by atoms with Gasteiger partial charge in [0.15, 0.2) is 0 Å². The highest BCUT2D eigenvalue weighted by Gasteiger charge is 2.08. The third-order valence-electron chi connectivity index (χ3n) is 3.25. The number of hydrogen-bond acceptors (Lipinski definition) is 5. The highest BCUT2D eigenvalue weighted by Crippen LogP contribution is 2.33. The molecular formula is C17H17N3OS. The molecule has 0 saturated heterocycles. The van der Waals surface area contributed by atoms with Crippen LogP contribution in [0.2, 0.25) is 0 Å². The van der Waals surface area contributed by atoms with Gasteiger partial charge in [0.2, 0.25) is 0 Å². The predicted molar refractivity (Wildman–Crippen MR) is 88.9 cm³/mol. The molecule has 0 bridgehead atoms. The summed E-state index contributed by atoms with van der Waals surface area (Å²) in [7, 11) is 1.69. The second-order valence-corrected chi connectivity index (χ2v) is 5.90. The van der Waals surface area contributed by atoms with Gasteiger partial charge in [0, 0.05) is 37.2 Å². The van der Waals surface area contributed by atoms with Crippen LogP contribution in [0.4, 0.5) is 0 Å². The largest absolute Gasteiger partial charge is 0.496 e. The maximum absolute atomic E-state index is 5.40. The van der Waals surface area contributed by atoms with Gasteiger partial charge in [0.05, 0.1) is 12.0 Å². The fraction of sp³-hybridized carbons (Fsp3) is 0.176. The van der Waals surface area contributed by atoms with Crippen LogP contribution in [0.25, 0.3) is 10.4 Å². The van der Waals surface area contributed by atoms with Gasteiger partial charge in [-0.15, -0.1) is 11.3 Å². The van der Waals surface area contributed by atoms with Gasteiger partial charge in [-0.05, 0) is 23.8 Å². The van der Waals surface area contributed by atoms with Crippen molar-refractivity contribution >= 4 is 11.3 Å². The number of methoxy groups -OCH3 is 1. The highest BCUT2D eigenvalue weighted by molar-refractivity contribution is 7.15. The molecule has 0 radical (unpaired) electrons. The first kappa shape index (κ1) is 14.7. The molecule has 0 spiro atoms. The molecule has 1 N–H and O–H groups in total. The first-order chi connectivity index (χ1) is 10.9. The van der Waals surface area contributed by atoms with E-state index in [2.05, 4.69) is 27.4 Å². The van der Waals surface area contributed by atoms with E-state index >= 15 is 0 Å². The summed E-state index contributed by atoms with van der Waals surface area (Å²) in [6.07, 6.45) is 5.56. The molecule has 4 nitrogen and oxygen atoms in total. The Morgan fingerprint density at radius 2 is 2.00 bits per heavy atom. The van der Waals surface area contributed by atoms with Gasteiger partial charge < -0.3 is 10.1 Å². The van der Waals surface area contributed by atoms with Gasteiger partial charge in [-0.2, -0.15) is 0 Å². The number of thiazole rings is 1. The van der Waals surface area contributed by atoms with Gasteiger partial charge in [-0.1, -0.05) is 18.2 Å². The van der Waals surface area contributed by atoms with Crippen LogP contribution < -0.4 is 10.1 Å². The Kier molecular flexibility index (Phi) is 4.78. The minimum absolute atomic E-state index is 0.745. The summed E-state index contributed by atoms with van der Waals surface area (Å²) < 4.78 is 5.40. The van der Waals surface area contributed by atoms with E-state index in [-0.39, 0.29) is 0 Å². The Morgan fingerprint density at radius 1 is 1.09 bits per heavy atom. The minimum Gasteiger partial charge on any atom is -0.496 e. The molecular weight excluding hydrogens is 294 g/mol. The van der Waals surface area contributed by atoms with Crippen LogP contribution in [0.1, 0.15) is 10.6 Å². The molecule has 0 amide bonds. The first-order valence-electron chi connectivity index (χ1n) is 7.04. The fourth-order valence-corrected chi connectivity index (χ4v) is 3.10. The molecule has 0 saturated carbocycles. The van der Waals surface area contributed by atoms with Crippen LogP contribution in [0.5, 0.6) is 5.75 Å². The Hall–Kier alpha value is -2.24.